The number of aromatic hydroxyl groups is 1. The zero-order valence-corrected chi connectivity index (χ0v) is 20.4. The molecule has 4 N–H and O–H groups in total. The molecule has 0 radical (unpaired) electrons. The van der Waals surface area contributed by atoms with Crippen LogP contribution in [0, 0.1) is 0 Å². The molecule has 3 aromatic heterocycles. The molecule has 38 heavy (non-hydrogen) atoms. The molecule has 5 heterocycles. The van der Waals surface area contributed by atoms with Crippen molar-refractivity contribution in [1.29, 1.82) is 0 Å². The standard InChI is InChI=1S/C20H14N4.C10H10O4/c1-2-14-10-16-5-6-18(23-16)12-20-8-7-19(24-20)11-17-4-3-15(22-17)9-13(1)21-14;1-14-9-6-7(2-4-8(9)11)3-5-10(12)13/h1-12,21,24H;2-6,11H,1H3,(H,12,13)/b;5-3+. The highest BCUT2D eigenvalue weighted by Gasteiger charge is 2.02. The number of aliphatic carboxylic acids is 1. The van der Waals surface area contributed by atoms with E-state index >= 15 is 0 Å². The number of fused-ring (bicyclic) bond motifs is 8. The third-order valence-electron chi connectivity index (χ3n) is 5.66. The van der Waals surface area contributed by atoms with E-state index < -0.39 is 5.97 Å². The molecule has 8 heteroatoms. The number of carboxylic acids is 1. The maximum Gasteiger partial charge on any atom is 0.328 e. The van der Waals surface area contributed by atoms with Gasteiger partial charge in [0.05, 0.1) is 29.9 Å². The molecule has 0 saturated carbocycles. The van der Waals surface area contributed by atoms with Crippen LogP contribution in [0.25, 0.3) is 52.4 Å². The quantitative estimate of drug-likeness (QED) is 0.214. The Hall–Kier alpha value is -5.37. The lowest BCUT2D eigenvalue weighted by molar-refractivity contribution is -0.131. The highest BCUT2D eigenvalue weighted by atomic mass is 16.5. The molecule has 0 aliphatic carbocycles. The number of H-pyrrole nitrogens is 2. The van der Waals surface area contributed by atoms with Crippen molar-refractivity contribution in [3.63, 3.8) is 0 Å². The van der Waals surface area contributed by atoms with Crippen molar-refractivity contribution < 1.29 is 19.7 Å². The number of phenols is 1. The predicted octanol–water partition coefficient (Wildman–Crippen LogP) is 6.15. The van der Waals surface area contributed by atoms with E-state index in [0.29, 0.717) is 11.3 Å². The van der Waals surface area contributed by atoms with Crippen LogP contribution in [0.3, 0.4) is 0 Å². The Bertz CT molecular complexity index is 1580. The lowest BCUT2D eigenvalue weighted by atomic mass is 10.2. The highest BCUT2D eigenvalue weighted by molar-refractivity contribution is 5.85. The number of carbonyl (C=O) groups is 1. The van der Waals surface area contributed by atoms with Crippen LogP contribution in [0.5, 0.6) is 11.5 Å². The largest absolute Gasteiger partial charge is 0.504 e. The van der Waals surface area contributed by atoms with Gasteiger partial charge in [-0.05, 0) is 96.6 Å². The van der Waals surface area contributed by atoms with Gasteiger partial charge in [0.1, 0.15) is 0 Å². The van der Waals surface area contributed by atoms with Gasteiger partial charge in [-0.3, -0.25) is 0 Å². The fourth-order valence-corrected chi connectivity index (χ4v) is 3.91. The van der Waals surface area contributed by atoms with Gasteiger partial charge in [-0.15, -0.1) is 0 Å². The summed E-state index contributed by atoms with van der Waals surface area (Å²) < 4.78 is 4.86. The van der Waals surface area contributed by atoms with E-state index in [-0.39, 0.29) is 5.75 Å². The molecule has 0 unspecified atom stereocenters. The molecule has 6 rings (SSSR count). The number of phenolic OH excluding ortho intramolecular Hbond substituents is 1. The maximum atomic E-state index is 10.2. The van der Waals surface area contributed by atoms with Gasteiger partial charge >= 0.3 is 5.97 Å². The third-order valence-corrected chi connectivity index (χ3v) is 5.66. The average Bonchev–Trinajstić information content (AvgIpc) is 3.70. The van der Waals surface area contributed by atoms with Crippen molar-refractivity contribution in [2.45, 2.75) is 0 Å². The van der Waals surface area contributed by atoms with E-state index in [9.17, 15) is 9.90 Å². The average molecular weight is 505 g/mol. The highest BCUT2D eigenvalue weighted by Crippen LogP contribution is 2.26. The summed E-state index contributed by atoms with van der Waals surface area (Å²) in [5.41, 5.74) is 8.52. The second-order valence-electron chi connectivity index (χ2n) is 8.51. The fraction of sp³-hybridized carbons (Fsp3) is 0.0333. The van der Waals surface area contributed by atoms with Crippen molar-refractivity contribution in [2.24, 2.45) is 0 Å². The van der Waals surface area contributed by atoms with Crippen molar-refractivity contribution in [3.8, 4) is 11.5 Å². The first-order chi connectivity index (χ1) is 18.4. The Morgan fingerprint density at radius 3 is 1.58 bits per heavy atom. The maximum absolute atomic E-state index is 10.2. The second kappa shape index (κ2) is 10.7. The van der Waals surface area contributed by atoms with Gasteiger partial charge in [-0.2, -0.15) is 0 Å². The molecular formula is C30H24N4O4. The van der Waals surface area contributed by atoms with Gasteiger partial charge in [0.25, 0.3) is 0 Å². The number of hydrogen-bond acceptors (Lipinski definition) is 5. The molecule has 8 nitrogen and oxygen atoms in total. The van der Waals surface area contributed by atoms with Gasteiger partial charge < -0.3 is 24.9 Å². The molecule has 1 aromatic carbocycles. The van der Waals surface area contributed by atoms with E-state index in [0.717, 1.165) is 50.9 Å². The number of nitrogens with one attached hydrogen (secondary N) is 2. The zero-order chi connectivity index (χ0) is 26.5. The normalized spacial score (nSPS) is 11.8. The number of methoxy groups -OCH3 is 1. The van der Waals surface area contributed by atoms with E-state index in [1.165, 1.54) is 19.3 Å². The molecule has 0 spiro atoms. The number of nitrogens with zero attached hydrogens (tertiary/aromatic N) is 2. The molecule has 0 fully saturated rings. The van der Waals surface area contributed by atoms with Crippen LogP contribution >= 0.6 is 0 Å². The van der Waals surface area contributed by atoms with Crippen LogP contribution in [0.15, 0.2) is 72.8 Å². The summed E-state index contributed by atoms with van der Waals surface area (Å²) >= 11 is 0. The molecule has 0 amide bonds. The van der Waals surface area contributed by atoms with Gasteiger partial charge in [0, 0.05) is 28.1 Å². The molecule has 0 saturated heterocycles. The van der Waals surface area contributed by atoms with Crippen LogP contribution in [0.2, 0.25) is 0 Å². The monoisotopic (exact) mass is 504 g/mol. The lowest BCUT2D eigenvalue weighted by Gasteiger charge is -2.03. The first kappa shape index (κ1) is 24.3. The Labute approximate surface area is 218 Å². The Balaban J connectivity index is 0.000000181. The van der Waals surface area contributed by atoms with Crippen molar-refractivity contribution in [2.75, 3.05) is 7.11 Å². The van der Waals surface area contributed by atoms with Crippen molar-refractivity contribution >= 4 is 58.4 Å². The van der Waals surface area contributed by atoms with Gasteiger partial charge in [-0.1, -0.05) is 6.07 Å². The van der Waals surface area contributed by atoms with Gasteiger partial charge in [0.15, 0.2) is 11.5 Å². The van der Waals surface area contributed by atoms with Crippen LogP contribution in [0.4, 0.5) is 0 Å². The molecule has 2 aliphatic rings. The van der Waals surface area contributed by atoms with E-state index in [1.54, 1.807) is 12.1 Å². The minimum absolute atomic E-state index is 0.0278. The van der Waals surface area contributed by atoms with Crippen LogP contribution in [-0.4, -0.2) is 43.2 Å². The fourth-order valence-electron chi connectivity index (χ4n) is 3.91. The number of hydrogen-bond donors (Lipinski definition) is 4. The van der Waals surface area contributed by atoms with Crippen molar-refractivity contribution in [3.05, 3.63) is 101 Å². The number of ether oxygens (including phenoxy) is 1. The zero-order valence-electron chi connectivity index (χ0n) is 20.4. The van der Waals surface area contributed by atoms with Gasteiger partial charge in [0.2, 0.25) is 0 Å². The summed E-state index contributed by atoms with van der Waals surface area (Å²) in [5, 5.41) is 17.6. The van der Waals surface area contributed by atoms with Crippen LogP contribution in [0.1, 0.15) is 28.3 Å². The number of rotatable bonds is 3. The number of carboxylic acid groups (broad SMARTS) is 1. The van der Waals surface area contributed by atoms with Crippen molar-refractivity contribution in [1.82, 2.24) is 19.9 Å². The lowest BCUT2D eigenvalue weighted by Crippen LogP contribution is -1.87. The first-order valence-corrected chi connectivity index (χ1v) is 11.8. The summed E-state index contributed by atoms with van der Waals surface area (Å²) in [4.78, 5) is 26.2. The van der Waals surface area contributed by atoms with Crippen LogP contribution < -0.4 is 4.74 Å². The minimum Gasteiger partial charge on any atom is -0.504 e. The molecular weight excluding hydrogens is 480 g/mol. The SMILES string of the molecule is C1=Cc2cc3ccc(cc4nc(cc5ccc(cc1n2)[nH]5)C=C4)[nH]3.COc1cc(/C=C/C(=O)O)ccc1O. The summed E-state index contributed by atoms with van der Waals surface area (Å²) in [5.74, 6) is -0.672. The number of aromatic nitrogens is 4. The number of benzene rings is 1. The summed E-state index contributed by atoms with van der Waals surface area (Å²) in [6.45, 7) is 0. The smallest absolute Gasteiger partial charge is 0.328 e. The Morgan fingerprint density at radius 2 is 1.18 bits per heavy atom. The Kier molecular flexibility index (Phi) is 6.86. The van der Waals surface area contributed by atoms with Crippen LogP contribution in [-0.2, 0) is 4.79 Å². The summed E-state index contributed by atoms with van der Waals surface area (Å²) in [6, 6.07) is 21.0. The molecule has 0 atom stereocenters. The molecule has 8 bridgehead atoms. The topological polar surface area (TPSA) is 124 Å². The summed E-state index contributed by atoms with van der Waals surface area (Å²) in [6.07, 6.45) is 10.5. The van der Waals surface area contributed by atoms with E-state index in [2.05, 4.69) is 44.2 Å². The molecule has 188 valence electrons. The third kappa shape index (κ3) is 6.06. The van der Waals surface area contributed by atoms with Gasteiger partial charge in [-0.25, -0.2) is 14.8 Å². The predicted molar refractivity (Wildman–Crippen MR) is 150 cm³/mol. The minimum atomic E-state index is -1.02. The molecule has 4 aromatic rings. The summed E-state index contributed by atoms with van der Waals surface area (Å²) in [7, 11) is 1.43. The first-order valence-electron chi connectivity index (χ1n) is 11.8. The second-order valence-corrected chi connectivity index (χ2v) is 8.51. The van der Waals surface area contributed by atoms with E-state index in [1.807, 2.05) is 48.6 Å². The number of aromatic amines is 2. The Morgan fingerprint density at radius 1 is 0.737 bits per heavy atom. The van der Waals surface area contributed by atoms with E-state index in [4.69, 9.17) is 9.84 Å². The molecule has 2 aliphatic heterocycles.